The lowest BCUT2D eigenvalue weighted by Crippen LogP contribution is -2.33. The van der Waals surface area contributed by atoms with Gasteiger partial charge in [-0.15, -0.1) is 0 Å². The number of ether oxygens (including phenoxy) is 1. The van der Waals surface area contributed by atoms with Gasteiger partial charge in [0.1, 0.15) is 5.69 Å². The summed E-state index contributed by atoms with van der Waals surface area (Å²) in [5.41, 5.74) is 0.617. The van der Waals surface area contributed by atoms with Gasteiger partial charge >= 0.3 is 0 Å². The van der Waals surface area contributed by atoms with Gasteiger partial charge in [-0.2, -0.15) is 0 Å². The molecule has 2 atom stereocenters. The van der Waals surface area contributed by atoms with Gasteiger partial charge in [0.2, 0.25) is 0 Å². The Hall–Kier alpha value is -2.19. The largest absolute Gasteiger partial charge is 0.378 e. The molecule has 0 spiro atoms. The number of nitro groups is 1. The molecule has 21 heavy (non-hydrogen) atoms. The predicted octanol–water partition coefficient (Wildman–Crippen LogP) is 0.353. The van der Waals surface area contributed by atoms with Crippen LogP contribution < -0.4 is 16.0 Å². The highest BCUT2D eigenvalue weighted by atomic mass is 16.6. The molecule has 1 unspecified atom stereocenters. The van der Waals surface area contributed by atoms with Crippen molar-refractivity contribution in [2.24, 2.45) is 0 Å². The minimum absolute atomic E-state index is 0.0654. The van der Waals surface area contributed by atoms with Gasteiger partial charge in [-0.05, 0) is 12.1 Å². The van der Waals surface area contributed by atoms with Gasteiger partial charge in [-0.1, -0.05) is 0 Å². The van der Waals surface area contributed by atoms with Crippen molar-refractivity contribution in [2.45, 2.75) is 12.1 Å². The molecule has 3 N–H and O–H groups in total. The number of nitro benzene ring substituents is 1. The highest BCUT2D eigenvalue weighted by molar-refractivity contribution is 5.95. The second-order valence-electron chi connectivity index (χ2n) is 4.75. The van der Waals surface area contributed by atoms with E-state index in [1.54, 1.807) is 7.11 Å². The zero-order chi connectivity index (χ0) is 15.4. The summed E-state index contributed by atoms with van der Waals surface area (Å²) >= 11 is 0. The predicted molar refractivity (Wildman–Crippen MR) is 77.6 cm³/mol. The molecular formula is C13H18N4O4. The molecule has 0 saturated carbocycles. The third kappa shape index (κ3) is 3.29. The van der Waals surface area contributed by atoms with E-state index in [1.807, 2.05) is 0 Å². The van der Waals surface area contributed by atoms with Crippen molar-refractivity contribution in [3.05, 3.63) is 33.9 Å². The van der Waals surface area contributed by atoms with Crippen molar-refractivity contribution < 1.29 is 14.5 Å². The van der Waals surface area contributed by atoms with Crippen LogP contribution >= 0.6 is 0 Å². The van der Waals surface area contributed by atoms with Crippen LogP contribution in [0.2, 0.25) is 0 Å². The van der Waals surface area contributed by atoms with Crippen LogP contribution in [0.5, 0.6) is 0 Å². The first-order valence-electron chi connectivity index (χ1n) is 6.57. The van der Waals surface area contributed by atoms with Crippen molar-refractivity contribution in [2.75, 3.05) is 32.6 Å². The summed E-state index contributed by atoms with van der Waals surface area (Å²) in [7, 11) is 3.11. The standard InChI is InChI=1S/C13H18N4O4/c1-14-13(18)8-3-4-11(17(19)20)9(5-8)16-10-6-15-7-12(10)21-2/h3-5,10,12,15-16H,6-7H2,1-2H3,(H,14,18)/t10?,12-/m0/s1. The monoisotopic (exact) mass is 294 g/mol. The van der Waals surface area contributed by atoms with Gasteiger partial charge in [-0.3, -0.25) is 14.9 Å². The van der Waals surface area contributed by atoms with E-state index in [1.165, 1.54) is 25.2 Å². The van der Waals surface area contributed by atoms with E-state index in [9.17, 15) is 14.9 Å². The molecule has 1 aromatic rings. The zero-order valence-corrected chi connectivity index (χ0v) is 11.9. The van der Waals surface area contributed by atoms with E-state index >= 15 is 0 Å². The number of rotatable bonds is 5. The lowest BCUT2D eigenvalue weighted by molar-refractivity contribution is -0.384. The van der Waals surface area contributed by atoms with Crippen molar-refractivity contribution in [1.29, 1.82) is 0 Å². The van der Waals surface area contributed by atoms with E-state index in [0.29, 0.717) is 24.3 Å². The van der Waals surface area contributed by atoms with Gasteiger partial charge in [0.15, 0.2) is 0 Å². The smallest absolute Gasteiger partial charge is 0.292 e. The Morgan fingerprint density at radius 2 is 2.24 bits per heavy atom. The Morgan fingerprint density at radius 3 is 2.86 bits per heavy atom. The molecule has 8 nitrogen and oxygen atoms in total. The molecule has 0 aromatic heterocycles. The van der Waals surface area contributed by atoms with E-state index in [-0.39, 0.29) is 23.7 Å². The number of amides is 1. The van der Waals surface area contributed by atoms with Crippen LogP contribution in [0.1, 0.15) is 10.4 Å². The summed E-state index contributed by atoms with van der Waals surface area (Å²) in [6, 6.07) is 4.16. The normalized spacial score (nSPS) is 21.0. The van der Waals surface area contributed by atoms with Crippen molar-refractivity contribution in [3.8, 4) is 0 Å². The van der Waals surface area contributed by atoms with Crippen LogP contribution in [0.4, 0.5) is 11.4 Å². The summed E-state index contributed by atoms with van der Waals surface area (Å²) < 4.78 is 5.32. The highest BCUT2D eigenvalue weighted by Crippen LogP contribution is 2.27. The first-order valence-corrected chi connectivity index (χ1v) is 6.57. The second kappa shape index (κ2) is 6.51. The van der Waals surface area contributed by atoms with Gasteiger partial charge in [0.25, 0.3) is 11.6 Å². The van der Waals surface area contributed by atoms with Crippen molar-refractivity contribution in [3.63, 3.8) is 0 Å². The lowest BCUT2D eigenvalue weighted by atomic mass is 10.1. The lowest BCUT2D eigenvalue weighted by Gasteiger charge is -2.20. The Balaban J connectivity index is 2.30. The number of anilines is 1. The van der Waals surface area contributed by atoms with Gasteiger partial charge < -0.3 is 20.7 Å². The molecular weight excluding hydrogens is 276 g/mol. The number of benzene rings is 1. The minimum Gasteiger partial charge on any atom is -0.378 e. The minimum atomic E-state index is -0.472. The Kier molecular flexibility index (Phi) is 4.71. The first kappa shape index (κ1) is 15.2. The summed E-state index contributed by atoms with van der Waals surface area (Å²) in [6.07, 6.45) is -0.0757. The van der Waals surface area contributed by atoms with Crippen LogP contribution in [-0.2, 0) is 4.74 Å². The molecule has 1 heterocycles. The number of hydrogen-bond acceptors (Lipinski definition) is 6. The second-order valence-corrected chi connectivity index (χ2v) is 4.75. The third-order valence-electron chi connectivity index (χ3n) is 3.48. The zero-order valence-electron chi connectivity index (χ0n) is 11.9. The maximum atomic E-state index is 11.7. The molecule has 1 saturated heterocycles. The Labute approximate surface area is 122 Å². The number of hydrogen-bond donors (Lipinski definition) is 3. The maximum absolute atomic E-state index is 11.7. The average Bonchev–Trinajstić information content (AvgIpc) is 2.93. The Morgan fingerprint density at radius 1 is 1.48 bits per heavy atom. The number of nitrogens with one attached hydrogen (secondary N) is 3. The first-order chi connectivity index (χ1) is 10.1. The molecule has 2 rings (SSSR count). The number of methoxy groups -OCH3 is 1. The number of carbonyl (C=O) groups excluding carboxylic acids is 1. The van der Waals surface area contributed by atoms with Crippen molar-refractivity contribution in [1.82, 2.24) is 10.6 Å². The maximum Gasteiger partial charge on any atom is 0.292 e. The fraction of sp³-hybridized carbons (Fsp3) is 0.462. The van der Waals surface area contributed by atoms with Crippen LogP contribution in [0.3, 0.4) is 0 Å². The van der Waals surface area contributed by atoms with Crippen LogP contribution in [-0.4, -0.2) is 50.2 Å². The average molecular weight is 294 g/mol. The van der Waals surface area contributed by atoms with Crippen molar-refractivity contribution >= 4 is 17.3 Å². The van der Waals surface area contributed by atoms with E-state index in [0.717, 1.165) is 0 Å². The summed E-state index contributed by atoms with van der Waals surface area (Å²) in [5.74, 6) is -0.291. The quantitative estimate of drug-likeness (QED) is 0.534. The van der Waals surface area contributed by atoms with Crippen LogP contribution in [0, 0.1) is 10.1 Å². The molecule has 114 valence electrons. The van der Waals surface area contributed by atoms with Gasteiger partial charge in [0, 0.05) is 38.9 Å². The SMILES string of the molecule is CNC(=O)c1ccc([N+](=O)[O-])c(NC2CNC[C@@H]2OC)c1. The fourth-order valence-electron chi connectivity index (χ4n) is 2.34. The summed E-state index contributed by atoms with van der Waals surface area (Å²) in [4.78, 5) is 22.3. The number of nitrogens with zero attached hydrogens (tertiary/aromatic N) is 1. The fourth-order valence-corrected chi connectivity index (χ4v) is 2.34. The van der Waals surface area contributed by atoms with E-state index < -0.39 is 4.92 Å². The molecule has 0 bridgehead atoms. The van der Waals surface area contributed by atoms with Crippen LogP contribution in [0.15, 0.2) is 18.2 Å². The summed E-state index contributed by atoms with van der Waals surface area (Å²) in [5, 5.41) is 19.9. The molecule has 1 aliphatic rings. The third-order valence-corrected chi connectivity index (χ3v) is 3.48. The van der Waals surface area contributed by atoms with Gasteiger partial charge in [0.05, 0.1) is 17.1 Å². The molecule has 1 amide bonds. The highest BCUT2D eigenvalue weighted by Gasteiger charge is 2.29. The molecule has 1 aliphatic heterocycles. The molecule has 8 heteroatoms. The molecule has 0 radical (unpaired) electrons. The molecule has 1 aromatic carbocycles. The van der Waals surface area contributed by atoms with Gasteiger partial charge in [-0.25, -0.2) is 0 Å². The summed E-state index contributed by atoms with van der Waals surface area (Å²) in [6.45, 7) is 1.32. The molecule has 1 fully saturated rings. The topological polar surface area (TPSA) is 106 Å². The molecule has 0 aliphatic carbocycles. The van der Waals surface area contributed by atoms with E-state index in [4.69, 9.17) is 4.74 Å². The van der Waals surface area contributed by atoms with E-state index in [2.05, 4.69) is 16.0 Å². The Bertz CT molecular complexity index is 549. The number of carbonyl (C=O) groups is 1. The van der Waals surface area contributed by atoms with Crippen LogP contribution in [0.25, 0.3) is 0 Å².